The van der Waals surface area contributed by atoms with Crippen LogP contribution in [0.3, 0.4) is 0 Å². The molecule has 1 nitrogen and oxygen atoms in total. The van der Waals surface area contributed by atoms with Crippen molar-refractivity contribution in [2.75, 3.05) is 0 Å². The van der Waals surface area contributed by atoms with E-state index >= 15 is 0 Å². The van der Waals surface area contributed by atoms with E-state index in [1.54, 1.807) is 0 Å². The first-order chi connectivity index (χ1) is 5.79. The maximum absolute atomic E-state index is 9.84. The average Bonchev–Trinajstić information content (AvgIpc) is 2.12. The fourth-order valence-corrected chi connectivity index (χ4v) is 3.17. The molecule has 0 saturated heterocycles. The Kier molecular flexibility index (Phi) is 2.61. The molecule has 0 heterocycles. The number of hydrogen-bond donors (Lipinski definition) is 1. The van der Waals surface area contributed by atoms with Crippen molar-refractivity contribution in [3.8, 4) is 0 Å². The highest BCUT2D eigenvalue weighted by Crippen LogP contribution is 2.41. The van der Waals surface area contributed by atoms with Crippen molar-refractivity contribution < 1.29 is 5.11 Å². The summed E-state index contributed by atoms with van der Waals surface area (Å²) in [5.74, 6) is 1.30. The van der Waals surface area contributed by atoms with Crippen molar-refractivity contribution in [2.45, 2.75) is 50.0 Å². The zero-order chi connectivity index (χ0) is 8.55. The number of fused-ring (bicyclic) bond motifs is 1. The van der Waals surface area contributed by atoms with Crippen LogP contribution in [0.4, 0.5) is 0 Å². The van der Waals surface area contributed by atoms with Crippen LogP contribution in [0.5, 0.6) is 0 Å². The van der Waals surface area contributed by atoms with Crippen LogP contribution < -0.4 is 0 Å². The predicted octanol–water partition coefficient (Wildman–Crippen LogP) is 2.55. The lowest BCUT2D eigenvalue weighted by atomic mass is 9.69. The summed E-state index contributed by atoms with van der Waals surface area (Å²) < 4.78 is 0. The molecule has 2 heteroatoms. The molecule has 2 aliphatic carbocycles. The minimum Gasteiger partial charge on any atom is -0.391 e. The Bertz CT molecular complexity index is 158. The number of alkyl halides is 1. The van der Waals surface area contributed by atoms with Crippen LogP contribution in [0, 0.1) is 11.8 Å². The summed E-state index contributed by atoms with van der Waals surface area (Å²) in [6.07, 6.45) is 7.23. The highest BCUT2D eigenvalue weighted by Gasteiger charge is 2.38. The molecule has 0 spiro atoms. The van der Waals surface area contributed by atoms with Crippen molar-refractivity contribution in [2.24, 2.45) is 11.8 Å². The predicted molar refractivity (Wildman–Crippen MR) is 50.3 cm³/mol. The van der Waals surface area contributed by atoms with Crippen molar-refractivity contribution in [1.29, 1.82) is 0 Å². The Morgan fingerprint density at radius 1 is 1.00 bits per heavy atom. The molecule has 0 aromatic heterocycles. The maximum Gasteiger partial charge on any atom is 0.0734 e. The van der Waals surface area contributed by atoms with Gasteiger partial charge in [-0.2, -0.15) is 0 Å². The maximum atomic E-state index is 9.84. The summed E-state index contributed by atoms with van der Waals surface area (Å²) in [5, 5.41) is 9.87. The lowest BCUT2D eigenvalue weighted by Gasteiger charge is -2.41. The highest BCUT2D eigenvalue weighted by atomic mass is 35.5. The summed E-state index contributed by atoms with van der Waals surface area (Å²) >= 11 is 6.04. The summed E-state index contributed by atoms with van der Waals surface area (Å²) in [4.78, 5) is 0. The lowest BCUT2D eigenvalue weighted by molar-refractivity contribution is 0.0139. The molecular weight excluding hydrogens is 172 g/mol. The third kappa shape index (κ3) is 1.49. The molecular formula is C10H17ClO. The number of halogens is 1. The zero-order valence-electron chi connectivity index (χ0n) is 7.38. The number of rotatable bonds is 0. The van der Waals surface area contributed by atoms with Crippen molar-refractivity contribution in [3.05, 3.63) is 0 Å². The average molecular weight is 189 g/mol. The molecule has 12 heavy (non-hydrogen) atoms. The number of aliphatic hydroxyl groups is 1. The molecule has 0 unspecified atom stereocenters. The van der Waals surface area contributed by atoms with E-state index in [2.05, 4.69) is 0 Å². The second kappa shape index (κ2) is 3.55. The van der Waals surface area contributed by atoms with Crippen molar-refractivity contribution >= 4 is 11.6 Å². The fourth-order valence-electron chi connectivity index (χ4n) is 2.86. The second-order valence-corrected chi connectivity index (χ2v) is 4.85. The van der Waals surface area contributed by atoms with Gasteiger partial charge in [-0.1, -0.05) is 19.3 Å². The van der Waals surface area contributed by atoms with Gasteiger partial charge in [0.05, 0.1) is 11.5 Å². The molecule has 2 rings (SSSR count). The van der Waals surface area contributed by atoms with Crippen LogP contribution in [0.2, 0.25) is 0 Å². The minimum absolute atomic E-state index is 0.0318. The van der Waals surface area contributed by atoms with Gasteiger partial charge in [-0.25, -0.2) is 0 Å². The first kappa shape index (κ1) is 8.83. The number of hydrogen-bond acceptors (Lipinski definition) is 1. The van der Waals surface area contributed by atoms with E-state index in [-0.39, 0.29) is 11.5 Å². The van der Waals surface area contributed by atoms with Gasteiger partial charge in [-0.05, 0) is 31.1 Å². The van der Waals surface area contributed by atoms with Gasteiger partial charge in [0.2, 0.25) is 0 Å². The monoisotopic (exact) mass is 188 g/mol. The smallest absolute Gasteiger partial charge is 0.0734 e. The van der Waals surface area contributed by atoms with Gasteiger partial charge >= 0.3 is 0 Å². The molecule has 2 fully saturated rings. The summed E-state index contributed by atoms with van der Waals surface area (Å²) in [6.45, 7) is 0. The van der Waals surface area contributed by atoms with Gasteiger partial charge in [0, 0.05) is 0 Å². The molecule has 4 atom stereocenters. The third-order valence-corrected chi connectivity index (χ3v) is 4.07. The highest BCUT2D eigenvalue weighted by molar-refractivity contribution is 6.21. The number of aliphatic hydroxyl groups excluding tert-OH is 1. The first-order valence-electron chi connectivity index (χ1n) is 5.11. The van der Waals surface area contributed by atoms with Crippen LogP contribution in [-0.2, 0) is 0 Å². The largest absolute Gasteiger partial charge is 0.391 e. The van der Waals surface area contributed by atoms with Gasteiger partial charge < -0.3 is 5.11 Å². The van der Waals surface area contributed by atoms with Gasteiger partial charge in [0.25, 0.3) is 0 Å². The van der Waals surface area contributed by atoms with Crippen LogP contribution in [0.1, 0.15) is 38.5 Å². The topological polar surface area (TPSA) is 20.2 Å². The Hall–Kier alpha value is 0.250. The Morgan fingerprint density at radius 3 is 2.58 bits per heavy atom. The van der Waals surface area contributed by atoms with Gasteiger partial charge in [0.15, 0.2) is 0 Å². The Morgan fingerprint density at radius 2 is 1.75 bits per heavy atom. The van der Waals surface area contributed by atoms with Crippen LogP contribution in [0.25, 0.3) is 0 Å². The standard InChI is InChI=1S/C10H17ClO/c11-9-6-5-7-3-1-2-4-8(7)10(9)12/h7-10,12H,1-6H2/t7-,8+,9+,10-/m1/s1. The molecule has 0 bridgehead atoms. The molecule has 0 aromatic carbocycles. The molecule has 2 saturated carbocycles. The summed E-state index contributed by atoms with van der Waals surface area (Å²) in [6, 6.07) is 0. The molecule has 1 N–H and O–H groups in total. The molecule has 0 aliphatic heterocycles. The van der Waals surface area contributed by atoms with Crippen molar-refractivity contribution in [1.82, 2.24) is 0 Å². The minimum atomic E-state index is -0.217. The van der Waals surface area contributed by atoms with Crippen LogP contribution in [0.15, 0.2) is 0 Å². The van der Waals surface area contributed by atoms with E-state index in [0.29, 0.717) is 5.92 Å². The quantitative estimate of drug-likeness (QED) is 0.580. The van der Waals surface area contributed by atoms with Gasteiger partial charge in [-0.3, -0.25) is 0 Å². The molecule has 0 radical (unpaired) electrons. The van der Waals surface area contributed by atoms with Gasteiger partial charge in [-0.15, -0.1) is 11.6 Å². The van der Waals surface area contributed by atoms with E-state index in [9.17, 15) is 5.11 Å². The third-order valence-electron chi connectivity index (χ3n) is 3.59. The van der Waals surface area contributed by atoms with Crippen LogP contribution >= 0.6 is 11.6 Å². The zero-order valence-corrected chi connectivity index (χ0v) is 8.13. The molecule has 2 aliphatic rings. The summed E-state index contributed by atoms with van der Waals surface area (Å²) in [7, 11) is 0. The molecule has 0 amide bonds. The van der Waals surface area contributed by atoms with E-state index in [0.717, 1.165) is 12.3 Å². The van der Waals surface area contributed by atoms with Crippen LogP contribution in [-0.4, -0.2) is 16.6 Å². The van der Waals surface area contributed by atoms with E-state index in [1.165, 1.54) is 32.1 Å². The molecule has 70 valence electrons. The van der Waals surface area contributed by atoms with E-state index in [1.807, 2.05) is 0 Å². The van der Waals surface area contributed by atoms with Crippen molar-refractivity contribution in [3.63, 3.8) is 0 Å². The fraction of sp³-hybridized carbons (Fsp3) is 1.00. The summed E-state index contributed by atoms with van der Waals surface area (Å²) in [5.41, 5.74) is 0. The van der Waals surface area contributed by atoms with E-state index in [4.69, 9.17) is 11.6 Å². The SMILES string of the molecule is O[C@@H]1[C@H]2CCCC[C@@H]2CC[C@@H]1Cl. The van der Waals surface area contributed by atoms with Gasteiger partial charge in [0.1, 0.15) is 0 Å². The normalized spacial score (nSPS) is 48.5. The first-order valence-corrected chi connectivity index (χ1v) is 5.55. The second-order valence-electron chi connectivity index (χ2n) is 4.29. The lowest BCUT2D eigenvalue weighted by Crippen LogP contribution is -2.41. The Labute approximate surface area is 79.1 Å². The molecule has 0 aromatic rings. The van der Waals surface area contributed by atoms with E-state index < -0.39 is 0 Å². The Balaban J connectivity index is 2.03.